The van der Waals surface area contributed by atoms with Gasteiger partial charge in [0.1, 0.15) is 0 Å². The molecule has 2 N–H and O–H groups in total. The fraction of sp³-hybridized carbons (Fsp3) is 0.667. The van der Waals surface area contributed by atoms with Crippen LogP contribution in [-0.2, 0) is 0 Å². The molecule has 3 nitrogen and oxygen atoms in total. The van der Waals surface area contributed by atoms with Crippen LogP contribution in [0, 0.1) is 0 Å². The van der Waals surface area contributed by atoms with Gasteiger partial charge in [-0.25, -0.2) is 4.79 Å². The molecule has 0 unspecified atom stereocenters. The minimum Gasteiger partial charge on any atom is -0.335 e. The van der Waals surface area contributed by atoms with Gasteiger partial charge in [-0.3, -0.25) is 0 Å². The standard InChI is InChI=1S/C9H18N2O/c1-5-6-7-10-8(12)11-9(2,3)4/h5-6H,7H2,1-4H3,(H2,10,11,12)/b6-5+. The number of rotatable bonds is 2. The second-order valence-electron chi connectivity index (χ2n) is 3.65. The lowest BCUT2D eigenvalue weighted by Crippen LogP contribution is -2.46. The summed E-state index contributed by atoms with van der Waals surface area (Å²) in [4.78, 5) is 11.1. The molecule has 3 heteroatoms. The predicted octanol–water partition coefficient (Wildman–Crippen LogP) is 1.66. The van der Waals surface area contributed by atoms with Gasteiger partial charge in [-0.2, -0.15) is 0 Å². The Balaban J connectivity index is 3.61. The van der Waals surface area contributed by atoms with Crippen molar-refractivity contribution in [1.29, 1.82) is 0 Å². The van der Waals surface area contributed by atoms with Crippen LogP contribution in [0.2, 0.25) is 0 Å². The summed E-state index contributed by atoms with van der Waals surface area (Å²) in [6, 6.07) is -0.124. The van der Waals surface area contributed by atoms with Crippen molar-refractivity contribution >= 4 is 6.03 Å². The van der Waals surface area contributed by atoms with Crippen LogP contribution < -0.4 is 10.6 Å². The van der Waals surface area contributed by atoms with Gasteiger partial charge in [0.2, 0.25) is 0 Å². The third-order valence-electron chi connectivity index (χ3n) is 1.10. The molecule has 0 aliphatic heterocycles. The Morgan fingerprint density at radius 3 is 2.42 bits per heavy atom. The summed E-state index contributed by atoms with van der Waals surface area (Å²) in [6.07, 6.45) is 3.79. The van der Waals surface area contributed by atoms with Gasteiger partial charge in [-0.15, -0.1) is 0 Å². The Kier molecular flexibility index (Phi) is 4.40. The molecular formula is C9H18N2O. The second-order valence-corrected chi connectivity index (χ2v) is 3.65. The van der Waals surface area contributed by atoms with E-state index in [1.165, 1.54) is 0 Å². The lowest BCUT2D eigenvalue weighted by molar-refractivity contribution is 0.233. The van der Waals surface area contributed by atoms with E-state index >= 15 is 0 Å². The predicted molar refractivity (Wildman–Crippen MR) is 51.1 cm³/mol. The minimum absolute atomic E-state index is 0.124. The number of amides is 2. The van der Waals surface area contributed by atoms with Crippen LogP contribution in [0.1, 0.15) is 27.7 Å². The van der Waals surface area contributed by atoms with Crippen LogP contribution in [-0.4, -0.2) is 18.1 Å². The molecule has 0 radical (unpaired) electrons. The average molecular weight is 170 g/mol. The lowest BCUT2D eigenvalue weighted by Gasteiger charge is -2.20. The lowest BCUT2D eigenvalue weighted by atomic mass is 10.1. The van der Waals surface area contributed by atoms with E-state index in [1.807, 2.05) is 39.8 Å². The zero-order valence-corrected chi connectivity index (χ0v) is 8.27. The van der Waals surface area contributed by atoms with Gasteiger partial charge >= 0.3 is 6.03 Å². The summed E-state index contributed by atoms with van der Waals surface area (Å²) >= 11 is 0. The van der Waals surface area contributed by atoms with Crippen LogP contribution in [0.5, 0.6) is 0 Å². The molecule has 0 bridgehead atoms. The average Bonchev–Trinajstić information content (AvgIpc) is 1.84. The first-order chi connectivity index (χ1) is 5.45. The topological polar surface area (TPSA) is 41.1 Å². The molecule has 0 aromatic carbocycles. The van der Waals surface area contributed by atoms with E-state index in [9.17, 15) is 4.79 Å². The summed E-state index contributed by atoms with van der Waals surface area (Å²) in [7, 11) is 0. The smallest absolute Gasteiger partial charge is 0.315 e. The van der Waals surface area contributed by atoms with Crippen LogP contribution >= 0.6 is 0 Å². The van der Waals surface area contributed by atoms with Crippen molar-refractivity contribution in [3.8, 4) is 0 Å². The minimum atomic E-state index is -0.167. The van der Waals surface area contributed by atoms with Crippen molar-refractivity contribution in [3.05, 3.63) is 12.2 Å². The monoisotopic (exact) mass is 170 g/mol. The summed E-state index contributed by atoms with van der Waals surface area (Å²) in [5.74, 6) is 0. The van der Waals surface area contributed by atoms with E-state index in [1.54, 1.807) is 0 Å². The molecule has 0 heterocycles. The van der Waals surface area contributed by atoms with E-state index in [0.29, 0.717) is 6.54 Å². The van der Waals surface area contributed by atoms with Crippen molar-refractivity contribution in [2.45, 2.75) is 33.2 Å². The molecule has 0 saturated heterocycles. The summed E-state index contributed by atoms with van der Waals surface area (Å²) in [5.41, 5.74) is -0.167. The molecule has 0 saturated carbocycles. The zero-order valence-electron chi connectivity index (χ0n) is 8.27. The molecule has 70 valence electrons. The number of nitrogens with one attached hydrogen (secondary N) is 2. The first-order valence-corrected chi connectivity index (χ1v) is 4.13. The van der Waals surface area contributed by atoms with Crippen LogP contribution in [0.4, 0.5) is 4.79 Å². The first-order valence-electron chi connectivity index (χ1n) is 4.13. The van der Waals surface area contributed by atoms with Gasteiger partial charge < -0.3 is 10.6 Å². The van der Waals surface area contributed by atoms with E-state index < -0.39 is 0 Å². The number of carbonyl (C=O) groups is 1. The molecule has 12 heavy (non-hydrogen) atoms. The molecule has 0 aliphatic carbocycles. The Labute approximate surface area is 74.2 Å². The van der Waals surface area contributed by atoms with Crippen LogP contribution in [0.25, 0.3) is 0 Å². The Hall–Kier alpha value is -0.990. The maximum absolute atomic E-state index is 11.1. The van der Waals surface area contributed by atoms with Crippen LogP contribution in [0.15, 0.2) is 12.2 Å². The number of carbonyl (C=O) groups excluding carboxylic acids is 1. The zero-order chi connectivity index (χ0) is 9.61. The third-order valence-corrected chi connectivity index (χ3v) is 1.10. The highest BCUT2D eigenvalue weighted by atomic mass is 16.2. The highest BCUT2D eigenvalue weighted by Crippen LogP contribution is 1.96. The number of urea groups is 1. The molecule has 0 fully saturated rings. The van der Waals surface area contributed by atoms with Crippen molar-refractivity contribution in [2.24, 2.45) is 0 Å². The summed E-state index contributed by atoms with van der Waals surface area (Å²) < 4.78 is 0. The normalized spacial score (nSPS) is 11.7. The van der Waals surface area contributed by atoms with E-state index in [2.05, 4.69) is 10.6 Å². The Morgan fingerprint density at radius 2 is 2.00 bits per heavy atom. The van der Waals surface area contributed by atoms with Crippen molar-refractivity contribution in [1.82, 2.24) is 10.6 Å². The van der Waals surface area contributed by atoms with E-state index in [0.717, 1.165) is 0 Å². The van der Waals surface area contributed by atoms with E-state index in [4.69, 9.17) is 0 Å². The fourth-order valence-corrected chi connectivity index (χ4v) is 0.654. The molecular weight excluding hydrogens is 152 g/mol. The Morgan fingerprint density at radius 1 is 1.42 bits per heavy atom. The molecule has 0 aliphatic rings. The van der Waals surface area contributed by atoms with Gasteiger partial charge in [0.15, 0.2) is 0 Å². The van der Waals surface area contributed by atoms with Crippen molar-refractivity contribution in [2.75, 3.05) is 6.54 Å². The summed E-state index contributed by atoms with van der Waals surface area (Å²) in [6.45, 7) is 8.34. The third kappa shape index (κ3) is 7.12. The van der Waals surface area contributed by atoms with Crippen molar-refractivity contribution < 1.29 is 4.79 Å². The first kappa shape index (κ1) is 11.0. The highest BCUT2D eigenvalue weighted by molar-refractivity contribution is 5.74. The van der Waals surface area contributed by atoms with Crippen LogP contribution in [0.3, 0.4) is 0 Å². The largest absolute Gasteiger partial charge is 0.335 e. The van der Waals surface area contributed by atoms with Gasteiger partial charge in [-0.05, 0) is 27.7 Å². The Bertz CT molecular complexity index is 168. The second kappa shape index (κ2) is 4.80. The summed E-state index contributed by atoms with van der Waals surface area (Å²) in [5, 5.41) is 5.50. The number of hydrogen-bond acceptors (Lipinski definition) is 1. The molecule has 0 aromatic rings. The van der Waals surface area contributed by atoms with Crippen molar-refractivity contribution in [3.63, 3.8) is 0 Å². The SMILES string of the molecule is C/C=C/CNC(=O)NC(C)(C)C. The quantitative estimate of drug-likeness (QED) is 0.608. The number of allylic oxidation sites excluding steroid dienone is 1. The van der Waals surface area contributed by atoms with Gasteiger partial charge in [0.05, 0.1) is 0 Å². The molecule has 0 aromatic heterocycles. The van der Waals surface area contributed by atoms with Gasteiger partial charge in [0, 0.05) is 12.1 Å². The maximum Gasteiger partial charge on any atom is 0.315 e. The van der Waals surface area contributed by atoms with E-state index in [-0.39, 0.29) is 11.6 Å². The van der Waals surface area contributed by atoms with Gasteiger partial charge in [0.25, 0.3) is 0 Å². The van der Waals surface area contributed by atoms with Gasteiger partial charge in [-0.1, -0.05) is 12.2 Å². The maximum atomic E-state index is 11.1. The molecule has 0 spiro atoms. The molecule has 0 atom stereocenters. The number of hydrogen-bond donors (Lipinski definition) is 2. The fourth-order valence-electron chi connectivity index (χ4n) is 0.654. The molecule has 0 rings (SSSR count). The molecule has 2 amide bonds. The highest BCUT2D eigenvalue weighted by Gasteiger charge is 2.11.